The van der Waals surface area contributed by atoms with E-state index >= 15 is 0 Å². The third-order valence-corrected chi connectivity index (χ3v) is 4.84. The molecule has 4 rings (SSSR count). The molecular formula is C22H23N3O2. The molecule has 0 amide bonds. The molecule has 1 saturated heterocycles. The number of anilines is 1. The molecule has 1 aliphatic heterocycles. The van der Waals surface area contributed by atoms with Crippen molar-refractivity contribution in [2.75, 3.05) is 18.0 Å². The predicted molar refractivity (Wildman–Crippen MR) is 107 cm³/mol. The Bertz CT molecular complexity index is 963. The quantitative estimate of drug-likeness (QED) is 0.664. The highest BCUT2D eigenvalue weighted by atomic mass is 16.5. The van der Waals surface area contributed by atoms with Crippen molar-refractivity contribution < 1.29 is 9.53 Å². The van der Waals surface area contributed by atoms with E-state index in [4.69, 9.17) is 9.72 Å². The Morgan fingerprint density at radius 2 is 1.93 bits per heavy atom. The number of ether oxygens (including phenoxy) is 1. The topological polar surface area (TPSA) is 55.3 Å². The second kappa shape index (κ2) is 7.45. The maximum Gasteiger partial charge on any atom is 0.129 e. The van der Waals surface area contributed by atoms with Gasteiger partial charge in [-0.1, -0.05) is 18.2 Å². The van der Waals surface area contributed by atoms with E-state index in [0.717, 1.165) is 52.9 Å². The maximum absolute atomic E-state index is 10.8. The third-order valence-electron chi connectivity index (χ3n) is 4.84. The molecule has 3 aromatic rings. The lowest BCUT2D eigenvalue weighted by molar-refractivity contribution is -0.107. The molecule has 0 bridgehead atoms. The van der Waals surface area contributed by atoms with Crippen LogP contribution in [0.3, 0.4) is 0 Å². The molecule has 2 atom stereocenters. The molecule has 138 valence electrons. The maximum atomic E-state index is 10.8. The Hall–Kier alpha value is -2.79. The molecular weight excluding hydrogens is 338 g/mol. The van der Waals surface area contributed by atoms with Crippen molar-refractivity contribution in [2.45, 2.75) is 32.5 Å². The minimum Gasteiger partial charge on any atom is -0.372 e. The standard InChI is InChI=1S/C22H23N3O2/c1-15-13-25(14-16(2)27-15)22-5-3-4-21(24-22)17-6-7-18-12-23-20(8-9-26)11-19(18)10-17/h3-7,9-12,15-16H,8,13-14H2,1-2H3. The van der Waals surface area contributed by atoms with Gasteiger partial charge in [0.15, 0.2) is 0 Å². The molecule has 0 aliphatic carbocycles. The summed E-state index contributed by atoms with van der Waals surface area (Å²) in [7, 11) is 0. The van der Waals surface area contributed by atoms with Crippen LogP contribution in [0.2, 0.25) is 0 Å². The zero-order chi connectivity index (χ0) is 18.8. The van der Waals surface area contributed by atoms with Gasteiger partial charge >= 0.3 is 0 Å². The van der Waals surface area contributed by atoms with E-state index in [2.05, 4.69) is 54.1 Å². The molecule has 0 radical (unpaired) electrons. The number of carbonyl (C=O) groups excluding carboxylic acids is 1. The van der Waals surface area contributed by atoms with Crippen LogP contribution in [0.5, 0.6) is 0 Å². The lowest BCUT2D eigenvalue weighted by Crippen LogP contribution is -2.45. The first kappa shape index (κ1) is 17.6. The minimum atomic E-state index is 0.198. The van der Waals surface area contributed by atoms with Crippen LogP contribution >= 0.6 is 0 Å². The molecule has 5 heteroatoms. The van der Waals surface area contributed by atoms with Gasteiger partial charge in [0.1, 0.15) is 12.1 Å². The summed E-state index contributed by atoms with van der Waals surface area (Å²) in [4.78, 5) is 22.3. The Balaban J connectivity index is 1.67. The first-order chi connectivity index (χ1) is 13.1. The summed E-state index contributed by atoms with van der Waals surface area (Å²) in [6, 6.07) is 14.4. The molecule has 5 nitrogen and oxygen atoms in total. The zero-order valence-electron chi connectivity index (χ0n) is 15.6. The number of benzene rings is 1. The number of pyridine rings is 2. The normalized spacial score (nSPS) is 20.0. The van der Waals surface area contributed by atoms with Crippen molar-refractivity contribution in [1.82, 2.24) is 9.97 Å². The molecule has 2 aromatic heterocycles. The fourth-order valence-corrected chi connectivity index (χ4v) is 3.67. The summed E-state index contributed by atoms with van der Waals surface area (Å²) in [5.74, 6) is 0.978. The van der Waals surface area contributed by atoms with Crippen LogP contribution in [-0.4, -0.2) is 41.6 Å². The first-order valence-electron chi connectivity index (χ1n) is 9.32. The summed E-state index contributed by atoms with van der Waals surface area (Å²) >= 11 is 0. The summed E-state index contributed by atoms with van der Waals surface area (Å²) in [6.07, 6.45) is 3.43. The average Bonchev–Trinajstić information content (AvgIpc) is 2.67. The molecule has 27 heavy (non-hydrogen) atoms. The summed E-state index contributed by atoms with van der Waals surface area (Å²) < 4.78 is 5.83. The Morgan fingerprint density at radius 1 is 1.11 bits per heavy atom. The first-order valence-corrected chi connectivity index (χ1v) is 9.32. The number of aldehydes is 1. The number of hydrogen-bond donors (Lipinski definition) is 0. The van der Waals surface area contributed by atoms with Crippen molar-refractivity contribution in [3.8, 4) is 11.3 Å². The highest BCUT2D eigenvalue weighted by Gasteiger charge is 2.23. The number of carbonyl (C=O) groups is 1. The van der Waals surface area contributed by atoms with Gasteiger partial charge in [0.25, 0.3) is 0 Å². The van der Waals surface area contributed by atoms with Gasteiger partial charge in [-0.15, -0.1) is 0 Å². The van der Waals surface area contributed by atoms with Crippen LogP contribution in [-0.2, 0) is 16.0 Å². The molecule has 1 aromatic carbocycles. The van der Waals surface area contributed by atoms with Crippen molar-refractivity contribution >= 4 is 22.9 Å². The Morgan fingerprint density at radius 3 is 2.70 bits per heavy atom. The number of hydrogen-bond acceptors (Lipinski definition) is 5. The molecule has 1 aliphatic rings. The van der Waals surface area contributed by atoms with Crippen LogP contribution in [0.25, 0.3) is 22.0 Å². The average molecular weight is 361 g/mol. The van der Waals surface area contributed by atoms with Gasteiger partial charge in [0.2, 0.25) is 0 Å². The monoisotopic (exact) mass is 361 g/mol. The van der Waals surface area contributed by atoms with Gasteiger partial charge < -0.3 is 14.4 Å². The largest absolute Gasteiger partial charge is 0.372 e. The Labute approximate surface area is 159 Å². The second-order valence-electron chi connectivity index (χ2n) is 7.15. The zero-order valence-corrected chi connectivity index (χ0v) is 15.6. The SMILES string of the molecule is CC1CN(c2cccc(-c3ccc4cnc(CC=O)cc4c3)n2)CC(C)O1. The molecule has 1 fully saturated rings. The van der Waals surface area contributed by atoms with Gasteiger partial charge in [0.05, 0.1) is 17.9 Å². The van der Waals surface area contributed by atoms with Crippen molar-refractivity contribution in [3.05, 3.63) is 54.4 Å². The van der Waals surface area contributed by atoms with E-state index in [1.807, 2.05) is 18.3 Å². The molecule has 0 saturated carbocycles. The van der Waals surface area contributed by atoms with Crippen LogP contribution in [0.1, 0.15) is 19.5 Å². The Kier molecular flexibility index (Phi) is 4.86. The fraction of sp³-hybridized carbons (Fsp3) is 0.318. The number of morpholine rings is 1. The number of aromatic nitrogens is 2. The van der Waals surface area contributed by atoms with Crippen LogP contribution in [0.15, 0.2) is 48.7 Å². The fourth-order valence-electron chi connectivity index (χ4n) is 3.67. The van der Waals surface area contributed by atoms with Crippen LogP contribution in [0.4, 0.5) is 5.82 Å². The van der Waals surface area contributed by atoms with E-state index < -0.39 is 0 Å². The van der Waals surface area contributed by atoms with E-state index in [-0.39, 0.29) is 12.2 Å². The molecule has 0 N–H and O–H groups in total. The summed E-state index contributed by atoms with van der Waals surface area (Å²) in [5.41, 5.74) is 2.78. The number of fused-ring (bicyclic) bond motifs is 1. The van der Waals surface area contributed by atoms with Gasteiger partial charge in [-0.05, 0) is 43.5 Å². The van der Waals surface area contributed by atoms with E-state index in [1.54, 1.807) is 0 Å². The summed E-state index contributed by atoms with van der Waals surface area (Å²) in [5, 5.41) is 2.13. The number of rotatable bonds is 4. The lowest BCUT2D eigenvalue weighted by Gasteiger charge is -2.36. The second-order valence-corrected chi connectivity index (χ2v) is 7.15. The van der Waals surface area contributed by atoms with Crippen LogP contribution < -0.4 is 4.90 Å². The smallest absolute Gasteiger partial charge is 0.129 e. The highest BCUT2D eigenvalue weighted by Crippen LogP contribution is 2.26. The van der Waals surface area contributed by atoms with Gasteiger partial charge in [-0.2, -0.15) is 0 Å². The third kappa shape index (κ3) is 3.83. The van der Waals surface area contributed by atoms with Crippen molar-refractivity contribution in [1.29, 1.82) is 0 Å². The molecule has 3 heterocycles. The number of nitrogens with zero attached hydrogens (tertiary/aromatic N) is 3. The van der Waals surface area contributed by atoms with Crippen molar-refractivity contribution in [3.63, 3.8) is 0 Å². The minimum absolute atomic E-state index is 0.198. The lowest BCUT2D eigenvalue weighted by atomic mass is 10.0. The highest BCUT2D eigenvalue weighted by molar-refractivity contribution is 5.86. The van der Waals surface area contributed by atoms with E-state index in [1.165, 1.54) is 0 Å². The van der Waals surface area contributed by atoms with Gasteiger partial charge in [0, 0.05) is 42.4 Å². The predicted octanol–water partition coefficient (Wildman–Crippen LogP) is 3.65. The van der Waals surface area contributed by atoms with Crippen molar-refractivity contribution in [2.24, 2.45) is 0 Å². The van der Waals surface area contributed by atoms with E-state index in [9.17, 15) is 4.79 Å². The van der Waals surface area contributed by atoms with Gasteiger partial charge in [-0.25, -0.2) is 4.98 Å². The van der Waals surface area contributed by atoms with E-state index in [0.29, 0.717) is 6.42 Å². The molecule has 0 spiro atoms. The van der Waals surface area contributed by atoms with Gasteiger partial charge in [-0.3, -0.25) is 4.98 Å². The summed E-state index contributed by atoms with van der Waals surface area (Å²) in [6.45, 7) is 5.89. The van der Waals surface area contributed by atoms with Crippen LogP contribution in [0, 0.1) is 0 Å². The molecule has 2 unspecified atom stereocenters.